The molecule has 3 amide bonds. The maximum Gasteiger partial charge on any atom is 0.244 e. The number of imide groups is 1. The van der Waals surface area contributed by atoms with E-state index in [4.69, 9.17) is 0 Å². The fourth-order valence-corrected chi connectivity index (χ4v) is 4.66. The molecule has 6 heteroatoms. The summed E-state index contributed by atoms with van der Waals surface area (Å²) in [6.45, 7) is -0.243. The van der Waals surface area contributed by atoms with Gasteiger partial charge in [-0.3, -0.25) is 24.3 Å². The molecule has 4 atom stereocenters. The molecule has 1 N–H and O–H groups in total. The third-order valence-electron chi connectivity index (χ3n) is 5.77. The van der Waals surface area contributed by atoms with Crippen molar-refractivity contribution >= 4 is 34.3 Å². The lowest BCUT2D eigenvalue weighted by molar-refractivity contribution is -0.143. The lowest BCUT2D eigenvalue weighted by atomic mass is 9.85. The Hall–Kier alpha value is -3.02. The zero-order valence-corrected chi connectivity index (χ0v) is 14.0. The summed E-state index contributed by atoms with van der Waals surface area (Å²) in [6.07, 6.45) is 6.63. The number of carbonyl (C=O) groups is 3. The monoisotopic (exact) mass is 347 g/mol. The van der Waals surface area contributed by atoms with E-state index in [1.165, 1.54) is 0 Å². The van der Waals surface area contributed by atoms with E-state index in [2.05, 4.69) is 10.3 Å². The van der Waals surface area contributed by atoms with Gasteiger partial charge in [0.05, 0.1) is 23.0 Å². The molecule has 3 aliphatic rings. The third-order valence-corrected chi connectivity index (χ3v) is 5.77. The summed E-state index contributed by atoms with van der Waals surface area (Å²) in [5.74, 6) is -1.04. The number of fused-ring (bicyclic) bond motifs is 6. The number of rotatable bonds is 3. The lowest BCUT2D eigenvalue weighted by Crippen LogP contribution is -2.39. The van der Waals surface area contributed by atoms with Crippen LogP contribution in [-0.2, 0) is 14.4 Å². The zero-order valence-electron chi connectivity index (χ0n) is 14.0. The smallest absolute Gasteiger partial charge is 0.244 e. The molecule has 2 bridgehead atoms. The summed E-state index contributed by atoms with van der Waals surface area (Å²) >= 11 is 0. The van der Waals surface area contributed by atoms with Crippen LogP contribution < -0.4 is 5.32 Å². The highest BCUT2D eigenvalue weighted by Crippen LogP contribution is 2.52. The minimum Gasteiger partial charge on any atom is -0.323 e. The van der Waals surface area contributed by atoms with Crippen molar-refractivity contribution in [3.05, 3.63) is 48.7 Å². The molecule has 5 rings (SSSR count). The number of anilines is 1. The van der Waals surface area contributed by atoms with Crippen molar-refractivity contribution in [2.24, 2.45) is 23.7 Å². The van der Waals surface area contributed by atoms with Crippen molar-refractivity contribution in [1.29, 1.82) is 0 Å². The van der Waals surface area contributed by atoms with Gasteiger partial charge in [0.15, 0.2) is 0 Å². The van der Waals surface area contributed by atoms with Gasteiger partial charge in [0.25, 0.3) is 0 Å². The number of hydrogen-bond acceptors (Lipinski definition) is 4. The molecular weight excluding hydrogens is 330 g/mol. The lowest BCUT2D eigenvalue weighted by Gasteiger charge is -2.17. The van der Waals surface area contributed by atoms with Crippen molar-refractivity contribution in [3.63, 3.8) is 0 Å². The Labute approximate surface area is 149 Å². The number of likely N-dealkylation sites (tertiary alicyclic amines) is 1. The number of nitrogens with zero attached hydrogens (tertiary/aromatic N) is 2. The fourth-order valence-electron chi connectivity index (χ4n) is 4.66. The number of carbonyl (C=O) groups excluding carboxylic acids is 3. The molecule has 2 fully saturated rings. The molecule has 0 spiro atoms. The number of allylic oxidation sites excluding steroid dienone is 2. The van der Waals surface area contributed by atoms with E-state index >= 15 is 0 Å². The number of hydrogen-bond donors (Lipinski definition) is 1. The van der Waals surface area contributed by atoms with E-state index in [0.717, 1.165) is 16.7 Å². The minimum absolute atomic E-state index is 0.150. The van der Waals surface area contributed by atoms with Gasteiger partial charge in [-0.25, -0.2) is 0 Å². The van der Waals surface area contributed by atoms with Crippen LogP contribution in [0.3, 0.4) is 0 Å². The van der Waals surface area contributed by atoms with Gasteiger partial charge < -0.3 is 5.32 Å². The molecule has 1 aromatic carbocycles. The molecule has 2 heterocycles. The summed E-state index contributed by atoms with van der Waals surface area (Å²) < 4.78 is 0. The molecule has 4 unspecified atom stereocenters. The van der Waals surface area contributed by atoms with Crippen molar-refractivity contribution in [2.75, 3.05) is 11.9 Å². The number of benzene rings is 1. The molecule has 1 aliphatic heterocycles. The van der Waals surface area contributed by atoms with Crippen LogP contribution in [0.4, 0.5) is 5.69 Å². The number of pyridine rings is 1. The van der Waals surface area contributed by atoms with E-state index < -0.39 is 0 Å². The molecule has 1 saturated heterocycles. The number of amides is 3. The highest BCUT2D eigenvalue weighted by Gasteiger charge is 2.59. The predicted molar refractivity (Wildman–Crippen MR) is 94.8 cm³/mol. The Kier molecular flexibility index (Phi) is 3.22. The van der Waals surface area contributed by atoms with Crippen LogP contribution in [0.1, 0.15) is 6.42 Å². The minimum atomic E-state index is -0.384. The first-order valence-corrected chi connectivity index (χ1v) is 8.80. The second kappa shape index (κ2) is 5.49. The summed E-state index contributed by atoms with van der Waals surface area (Å²) in [7, 11) is 0. The Morgan fingerprint density at radius 1 is 1.08 bits per heavy atom. The summed E-state index contributed by atoms with van der Waals surface area (Å²) in [4.78, 5) is 43.3. The van der Waals surface area contributed by atoms with Crippen LogP contribution in [0.25, 0.3) is 10.9 Å². The van der Waals surface area contributed by atoms with E-state index in [-0.39, 0.29) is 47.9 Å². The van der Waals surface area contributed by atoms with Gasteiger partial charge in [-0.1, -0.05) is 30.4 Å². The van der Waals surface area contributed by atoms with Crippen molar-refractivity contribution < 1.29 is 14.4 Å². The van der Waals surface area contributed by atoms with E-state index in [1.54, 1.807) is 12.3 Å². The van der Waals surface area contributed by atoms with Crippen LogP contribution in [0.15, 0.2) is 48.7 Å². The third kappa shape index (κ3) is 2.11. The maximum absolute atomic E-state index is 12.7. The van der Waals surface area contributed by atoms with Crippen LogP contribution in [0.2, 0.25) is 0 Å². The summed E-state index contributed by atoms with van der Waals surface area (Å²) in [5, 5.41) is 3.71. The molecule has 2 aliphatic carbocycles. The highest BCUT2D eigenvalue weighted by atomic mass is 16.2. The first-order chi connectivity index (χ1) is 12.6. The zero-order chi connectivity index (χ0) is 17.8. The molecule has 1 saturated carbocycles. The SMILES string of the molecule is O=C(CN1C(=O)C2C3C=CC(C3)C2C1=O)Nc1cccc2cccnc12. The van der Waals surface area contributed by atoms with Crippen molar-refractivity contribution in [1.82, 2.24) is 9.88 Å². The quantitative estimate of drug-likeness (QED) is 0.680. The van der Waals surface area contributed by atoms with Crippen molar-refractivity contribution in [2.45, 2.75) is 6.42 Å². The van der Waals surface area contributed by atoms with Crippen LogP contribution in [0, 0.1) is 23.7 Å². The van der Waals surface area contributed by atoms with Gasteiger partial charge >= 0.3 is 0 Å². The van der Waals surface area contributed by atoms with Gasteiger partial charge in [0.2, 0.25) is 17.7 Å². The number of para-hydroxylation sites is 1. The average molecular weight is 347 g/mol. The summed E-state index contributed by atoms with van der Waals surface area (Å²) in [5.41, 5.74) is 1.26. The number of nitrogens with one attached hydrogen (secondary N) is 1. The van der Waals surface area contributed by atoms with Crippen LogP contribution >= 0.6 is 0 Å². The normalized spacial score (nSPS) is 28.8. The van der Waals surface area contributed by atoms with Gasteiger partial charge in [-0.05, 0) is 30.4 Å². The largest absolute Gasteiger partial charge is 0.323 e. The predicted octanol–water partition coefficient (Wildman–Crippen LogP) is 1.98. The summed E-state index contributed by atoms with van der Waals surface area (Å²) in [6, 6.07) is 9.25. The highest BCUT2D eigenvalue weighted by molar-refractivity contribution is 6.10. The standard InChI is InChI=1S/C20H17N3O3/c24-15(22-14-5-1-3-11-4-2-8-21-18(11)14)10-23-19(25)16-12-6-7-13(9-12)17(16)20(23)26/h1-8,12-13,16-17H,9-10H2,(H,22,24). The Balaban J connectivity index is 1.35. The second-order valence-electron chi connectivity index (χ2n) is 7.19. The molecule has 0 radical (unpaired) electrons. The Morgan fingerprint density at radius 3 is 2.50 bits per heavy atom. The fraction of sp³-hybridized carbons (Fsp3) is 0.300. The Bertz CT molecular complexity index is 948. The Morgan fingerprint density at radius 2 is 1.77 bits per heavy atom. The maximum atomic E-state index is 12.7. The number of aromatic nitrogens is 1. The van der Waals surface area contributed by atoms with Gasteiger partial charge in [-0.15, -0.1) is 0 Å². The van der Waals surface area contributed by atoms with Gasteiger partial charge in [0.1, 0.15) is 6.54 Å². The first kappa shape index (κ1) is 15.3. The molecule has 2 aromatic rings. The molecule has 130 valence electrons. The molecule has 26 heavy (non-hydrogen) atoms. The van der Waals surface area contributed by atoms with E-state index in [9.17, 15) is 14.4 Å². The van der Waals surface area contributed by atoms with Gasteiger partial charge in [0, 0.05) is 11.6 Å². The average Bonchev–Trinajstić information content (AvgIpc) is 3.32. The van der Waals surface area contributed by atoms with Crippen LogP contribution in [-0.4, -0.2) is 34.2 Å². The van der Waals surface area contributed by atoms with E-state index in [0.29, 0.717) is 11.2 Å². The van der Waals surface area contributed by atoms with Gasteiger partial charge in [-0.2, -0.15) is 0 Å². The molecular formula is C20H17N3O3. The molecule has 1 aromatic heterocycles. The second-order valence-corrected chi connectivity index (χ2v) is 7.19. The topological polar surface area (TPSA) is 79.4 Å². The van der Waals surface area contributed by atoms with Crippen LogP contribution in [0.5, 0.6) is 0 Å². The molecule has 6 nitrogen and oxygen atoms in total. The van der Waals surface area contributed by atoms with Crippen molar-refractivity contribution in [3.8, 4) is 0 Å². The van der Waals surface area contributed by atoms with E-state index in [1.807, 2.05) is 36.4 Å². The first-order valence-electron chi connectivity index (χ1n) is 8.80.